The number of nitrogen functional groups attached to an aromatic ring is 1. The first-order chi connectivity index (χ1) is 8.40. The van der Waals surface area contributed by atoms with Gasteiger partial charge in [-0.3, -0.25) is 0 Å². The molecule has 0 heterocycles. The highest BCUT2D eigenvalue weighted by Gasteiger charge is 2.13. The van der Waals surface area contributed by atoms with Crippen LogP contribution in [0.3, 0.4) is 0 Å². The zero-order chi connectivity index (χ0) is 13.7. The lowest BCUT2D eigenvalue weighted by Gasteiger charge is -2.14. The van der Waals surface area contributed by atoms with E-state index < -0.39 is 0 Å². The predicted octanol–water partition coefficient (Wildman–Crippen LogP) is 3.42. The average Bonchev–Trinajstić information content (AvgIpc) is 2.28. The van der Waals surface area contributed by atoms with Gasteiger partial charge in [0, 0.05) is 5.69 Å². The Balaban J connectivity index is 2.58. The van der Waals surface area contributed by atoms with Crippen molar-refractivity contribution in [3.63, 3.8) is 0 Å². The summed E-state index contributed by atoms with van der Waals surface area (Å²) in [6, 6.07) is 5.39. The molecule has 0 aromatic heterocycles. The maximum absolute atomic E-state index is 11.9. The highest BCUT2D eigenvalue weighted by molar-refractivity contribution is 5.95. The number of esters is 1. The fourth-order valence-corrected chi connectivity index (χ4v) is 2.02. The zero-order valence-electron chi connectivity index (χ0n) is 11.7. The van der Waals surface area contributed by atoms with E-state index in [0.29, 0.717) is 29.7 Å². The molecule has 18 heavy (non-hydrogen) atoms. The van der Waals surface area contributed by atoms with E-state index in [0.717, 1.165) is 12.0 Å². The molecule has 0 spiro atoms. The first kappa shape index (κ1) is 14.6. The minimum atomic E-state index is -0.327. The van der Waals surface area contributed by atoms with E-state index in [4.69, 9.17) is 10.5 Å². The Morgan fingerprint density at radius 3 is 2.61 bits per heavy atom. The van der Waals surface area contributed by atoms with Crippen LogP contribution >= 0.6 is 0 Å². The van der Waals surface area contributed by atoms with Crippen LogP contribution in [0.2, 0.25) is 0 Å². The van der Waals surface area contributed by atoms with Gasteiger partial charge in [-0.05, 0) is 37.3 Å². The average molecular weight is 249 g/mol. The summed E-state index contributed by atoms with van der Waals surface area (Å²) in [5.41, 5.74) is 7.72. The van der Waals surface area contributed by atoms with Crippen LogP contribution in [-0.2, 0) is 4.74 Å². The van der Waals surface area contributed by atoms with Crippen molar-refractivity contribution in [2.75, 3.05) is 12.3 Å². The Morgan fingerprint density at radius 2 is 2.00 bits per heavy atom. The Morgan fingerprint density at radius 1 is 1.33 bits per heavy atom. The molecule has 0 bridgehead atoms. The molecule has 2 N–H and O–H groups in total. The van der Waals surface area contributed by atoms with Gasteiger partial charge >= 0.3 is 5.97 Å². The number of hydrogen-bond acceptors (Lipinski definition) is 3. The molecule has 1 aromatic carbocycles. The number of rotatable bonds is 5. The maximum Gasteiger partial charge on any atom is 0.340 e. The SMILES string of the molecule is Cc1ccc(N)c(C(=O)OCC(C)CC(C)C)c1. The van der Waals surface area contributed by atoms with E-state index in [1.165, 1.54) is 0 Å². The molecule has 0 aliphatic rings. The number of benzene rings is 1. The van der Waals surface area contributed by atoms with Crippen LogP contribution in [0, 0.1) is 18.8 Å². The minimum Gasteiger partial charge on any atom is -0.462 e. The second kappa shape index (κ2) is 6.43. The number of aryl methyl sites for hydroxylation is 1. The molecule has 0 saturated carbocycles. The summed E-state index contributed by atoms with van der Waals surface area (Å²) in [4.78, 5) is 11.9. The van der Waals surface area contributed by atoms with Gasteiger partial charge in [0.25, 0.3) is 0 Å². The molecule has 1 unspecified atom stereocenters. The van der Waals surface area contributed by atoms with E-state index in [-0.39, 0.29) is 5.97 Å². The van der Waals surface area contributed by atoms with Crippen LogP contribution in [-0.4, -0.2) is 12.6 Å². The fraction of sp³-hybridized carbons (Fsp3) is 0.533. The van der Waals surface area contributed by atoms with Crippen molar-refractivity contribution < 1.29 is 9.53 Å². The molecule has 100 valence electrons. The van der Waals surface area contributed by atoms with Gasteiger partial charge in [-0.2, -0.15) is 0 Å². The van der Waals surface area contributed by atoms with Gasteiger partial charge in [-0.1, -0.05) is 32.4 Å². The Bertz CT molecular complexity index is 413. The minimum absolute atomic E-state index is 0.327. The Hall–Kier alpha value is -1.51. The fourth-order valence-electron chi connectivity index (χ4n) is 2.02. The van der Waals surface area contributed by atoms with Crippen molar-refractivity contribution in [1.29, 1.82) is 0 Å². The second-order valence-corrected chi connectivity index (χ2v) is 5.42. The summed E-state index contributed by atoms with van der Waals surface area (Å²) in [6.45, 7) is 8.79. The third-order valence-electron chi connectivity index (χ3n) is 2.80. The number of hydrogen-bond donors (Lipinski definition) is 1. The maximum atomic E-state index is 11.9. The Kier molecular flexibility index (Phi) is 5.20. The second-order valence-electron chi connectivity index (χ2n) is 5.42. The molecule has 0 aliphatic heterocycles. The lowest BCUT2D eigenvalue weighted by Crippen LogP contribution is -2.15. The quantitative estimate of drug-likeness (QED) is 0.642. The number of carbonyl (C=O) groups excluding carboxylic acids is 1. The summed E-state index contributed by atoms with van der Waals surface area (Å²) < 4.78 is 5.31. The van der Waals surface area contributed by atoms with Gasteiger partial charge in [0.1, 0.15) is 0 Å². The normalized spacial score (nSPS) is 12.5. The summed E-state index contributed by atoms with van der Waals surface area (Å²) in [5, 5.41) is 0. The topological polar surface area (TPSA) is 52.3 Å². The van der Waals surface area contributed by atoms with Crippen molar-refractivity contribution in [3.8, 4) is 0 Å². The van der Waals surface area contributed by atoms with Crippen molar-refractivity contribution in [2.24, 2.45) is 11.8 Å². The molecule has 1 rings (SSSR count). The lowest BCUT2D eigenvalue weighted by atomic mass is 10.00. The molecule has 1 atom stereocenters. The zero-order valence-corrected chi connectivity index (χ0v) is 11.7. The molecule has 0 saturated heterocycles. The van der Waals surface area contributed by atoms with Crippen LogP contribution in [0.25, 0.3) is 0 Å². The van der Waals surface area contributed by atoms with Gasteiger partial charge in [0.05, 0.1) is 12.2 Å². The van der Waals surface area contributed by atoms with E-state index in [1.54, 1.807) is 12.1 Å². The lowest BCUT2D eigenvalue weighted by molar-refractivity contribution is 0.0437. The first-order valence-corrected chi connectivity index (χ1v) is 6.43. The summed E-state index contributed by atoms with van der Waals surface area (Å²) in [6.07, 6.45) is 1.05. The molecule has 1 aromatic rings. The van der Waals surface area contributed by atoms with Crippen LogP contribution in [0.1, 0.15) is 43.1 Å². The molecule has 0 amide bonds. The molecule has 3 heteroatoms. The van der Waals surface area contributed by atoms with Gasteiger partial charge in [0.2, 0.25) is 0 Å². The number of ether oxygens (including phenoxy) is 1. The molecule has 0 radical (unpaired) electrons. The van der Waals surface area contributed by atoms with E-state index in [9.17, 15) is 4.79 Å². The van der Waals surface area contributed by atoms with Gasteiger partial charge in [-0.25, -0.2) is 4.79 Å². The van der Waals surface area contributed by atoms with E-state index in [2.05, 4.69) is 20.8 Å². The van der Waals surface area contributed by atoms with E-state index >= 15 is 0 Å². The highest BCUT2D eigenvalue weighted by atomic mass is 16.5. The monoisotopic (exact) mass is 249 g/mol. The van der Waals surface area contributed by atoms with Gasteiger partial charge in [-0.15, -0.1) is 0 Å². The van der Waals surface area contributed by atoms with Crippen molar-refractivity contribution in [2.45, 2.75) is 34.1 Å². The van der Waals surface area contributed by atoms with E-state index in [1.807, 2.05) is 13.0 Å². The largest absolute Gasteiger partial charge is 0.462 e. The van der Waals surface area contributed by atoms with Crippen LogP contribution in [0.15, 0.2) is 18.2 Å². The summed E-state index contributed by atoms with van der Waals surface area (Å²) in [5.74, 6) is 0.662. The number of nitrogens with two attached hydrogens (primary N) is 1. The van der Waals surface area contributed by atoms with Crippen molar-refractivity contribution in [1.82, 2.24) is 0 Å². The standard InChI is InChI=1S/C15H23NO2/c1-10(2)7-12(4)9-18-15(17)13-8-11(3)5-6-14(13)16/h5-6,8,10,12H,7,9,16H2,1-4H3. The van der Waals surface area contributed by atoms with Crippen LogP contribution < -0.4 is 5.73 Å². The third-order valence-corrected chi connectivity index (χ3v) is 2.80. The third kappa shape index (κ3) is 4.40. The van der Waals surface area contributed by atoms with Crippen molar-refractivity contribution in [3.05, 3.63) is 29.3 Å². The molecular formula is C15H23NO2. The first-order valence-electron chi connectivity index (χ1n) is 6.43. The smallest absolute Gasteiger partial charge is 0.340 e. The molecular weight excluding hydrogens is 226 g/mol. The Labute approximate surface area is 109 Å². The highest BCUT2D eigenvalue weighted by Crippen LogP contribution is 2.16. The predicted molar refractivity (Wildman–Crippen MR) is 74.5 cm³/mol. The van der Waals surface area contributed by atoms with Crippen LogP contribution in [0.4, 0.5) is 5.69 Å². The van der Waals surface area contributed by atoms with Gasteiger partial charge < -0.3 is 10.5 Å². The van der Waals surface area contributed by atoms with Gasteiger partial charge in [0.15, 0.2) is 0 Å². The summed E-state index contributed by atoms with van der Waals surface area (Å²) in [7, 11) is 0. The molecule has 3 nitrogen and oxygen atoms in total. The number of carbonyl (C=O) groups is 1. The molecule has 0 aliphatic carbocycles. The molecule has 0 fully saturated rings. The van der Waals surface area contributed by atoms with Crippen molar-refractivity contribution >= 4 is 11.7 Å². The summed E-state index contributed by atoms with van der Waals surface area (Å²) >= 11 is 0. The number of anilines is 1. The van der Waals surface area contributed by atoms with Crippen LogP contribution in [0.5, 0.6) is 0 Å².